The van der Waals surface area contributed by atoms with Gasteiger partial charge in [-0.15, -0.1) is 0 Å². The van der Waals surface area contributed by atoms with Crippen LogP contribution in [-0.2, 0) is 11.2 Å². The first-order valence-corrected chi connectivity index (χ1v) is 9.66. The van der Waals surface area contributed by atoms with Crippen LogP contribution in [0.3, 0.4) is 0 Å². The Kier molecular flexibility index (Phi) is 4.64. The summed E-state index contributed by atoms with van der Waals surface area (Å²) < 4.78 is 1.06. The van der Waals surface area contributed by atoms with Gasteiger partial charge in [-0.3, -0.25) is 4.79 Å². The van der Waals surface area contributed by atoms with Crippen molar-refractivity contribution in [2.75, 3.05) is 4.90 Å². The molecule has 4 rings (SSSR count). The average Bonchev–Trinajstić information content (AvgIpc) is 2.98. The van der Waals surface area contributed by atoms with Crippen molar-refractivity contribution < 1.29 is 4.79 Å². The quantitative estimate of drug-likeness (QED) is 0.558. The highest BCUT2D eigenvalue weighted by atomic mass is 79.9. The van der Waals surface area contributed by atoms with Gasteiger partial charge in [-0.1, -0.05) is 76.6 Å². The van der Waals surface area contributed by atoms with E-state index in [9.17, 15) is 4.79 Å². The molecule has 1 amide bonds. The first kappa shape index (κ1) is 17.0. The van der Waals surface area contributed by atoms with Crippen molar-refractivity contribution >= 4 is 27.5 Å². The number of carbonyl (C=O) groups excluding carboxylic acids is 1. The third-order valence-electron chi connectivity index (χ3n) is 5.01. The largest absolute Gasteiger partial charge is 0.308 e. The number of anilines is 1. The highest BCUT2D eigenvalue weighted by molar-refractivity contribution is 9.10. The van der Waals surface area contributed by atoms with Crippen LogP contribution in [0, 0.1) is 0 Å². The minimum absolute atomic E-state index is 0.135. The zero-order valence-electron chi connectivity index (χ0n) is 14.6. The van der Waals surface area contributed by atoms with Crippen molar-refractivity contribution in [3.8, 4) is 0 Å². The van der Waals surface area contributed by atoms with E-state index in [0.717, 1.165) is 27.7 Å². The summed E-state index contributed by atoms with van der Waals surface area (Å²) in [5.74, 6) is -0.162. The van der Waals surface area contributed by atoms with Crippen LogP contribution in [0.4, 0.5) is 5.69 Å². The molecule has 0 aromatic heterocycles. The van der Waals surface area contributed by atoms with E-state index in [1.165, 1.54) is 5.56 Å². The van der Waals surface area contributed by atoms with Crippen LogP contribution >= 0.6 is 15.9 Å². The Balaban J connectivity index is 1.79. The second-order valence-corrected chi connectivity index (χ2v) is 7.70. The molecule has 1 aliphatic heterocycles. The number of halogens is 1. The molecule has 0 saturated carbocycles. The van der Waals surface area contributed by atoms with E-state index >= 15 is 0 Å². The summed E-state index contributed by atoms with van der Waals surface area (Å²) in [6, 6.07) is 26.5. The molecule has 3 heteroatoms. The van der Waals surface area contributed by atoms with E-state index in [0.29, 0.717) is 0 Å². The molecule has 2 nitrogen and oxygen atoms in total. The Bertz CT molecular complexity index is 884. The van der Waals surface area contributed by atoms with Crippen LogP contribution < -0.4 is 4.90 Å². The molecule has 0 fully saturated rings. The van der Waals surface area contributed by atoms with Gasteiger partial charge in [0.2, 0.25) is 5.91 Å². The molecular weight excluding hydrogens is 386 g/mol. The number of amides is 1. The molecule has 0 radical (unpaired) electrons. The first-order chi connectivity index (χ1) is 12.6. The number of carbonyl (C=O) groups is 1. The standard InChI is InChI=1S/C23H20BrNO/c1-16-14-19-15-20(24)12-13-21(19)25(16)23(26)22(17-8-4-2-5-9-17)18-10-6-3-7-11-18/h2-13,15-16,22H,14H2,1H3/t16-/m1/s1. The molecule has 0 unspecified atom stereocenters. The van der Waals surface area contributed by atoms with E-state index in [4.69, 9.17) is 0 Å². The van der Waals surface area contributed by atoms with Crippen molar-refractivity contribution in [2.24, 2.45) is 0 Å². The van der Waals surface area contributed by atoms with Crippen molar-refractivity contribution in [2.45, 2.75) is 25.3 Å². The molecule has 1 heterocycles. The van der Waals surface area contributed by atoms with E-state index in [1.54, 1.807) is 0 Å². The summed E-state index contributed by atoms with van der Waals surface area (Å²) >= 11 is 3.54. The Morgan fingerprint density at radius 3 is 2.12 bits per heavy atom. The fraction of sp³-hybridized carbons (Fsp3) is 0.174. The minimum Gasteiger partial charge on any atom is -0.308 e. The van der Waals surface area contributed by atoms with E-state index in [2.05, 4.69) is 28.9 Å². The molecule has 130 valence electrons. The topological polar surface area (TPSA) is 20.3 Å². The van der Waals surface area contributed by atoms with E-state index in [1.807, 2.05) is 77.7 Å². The summed E-state index contributed by atoms with van der Waals surface area (Å²) in [6.45, 7) is 2.12. The third-order valence-corrected chi connectivity index (χ3v) is 5.50. The van der Waals surface area contributed by atoms with E-state index in [-0.39, 0.29) is 17.9 Å². The molecule has 1 aliphatic rings. The minimum atomic E-state index is -0.297. The van der Waals surface area contributed by atoms with Gasteiger partial charge in [0, 0.05) is 16.2 Å². The Hall–Kier alpha value is -2.39. The van der Waals surface area contributed by atoms with Crippen LogP contribution in [0.5, 0.6) is 0 Å². The van der Waals surface area contributed by atoms with Crippen molar-refractivity contribution in [3.05, 3.63) is 100 Å². The van der Waals surface area contributed by atoms with Gasteiger partial charge < -0.3 is 4.90 Å². The van der Waals surface area contributed by atoms with Crippen molar-refractivity contribution in [1.82, 2.24) is 0 Å². The Morgan fingerprint density at radius 1 is 0.962 bits per heavy atom. The number of hydrogen-bond donors (Lipinski definition) is 0. The number of rotatable bonds is 3. The molecule has 0 N–H and O–H groups in total. The van der Waals surface area contributed by atoms with Crippen LogP contribution in [0.25, 0.3) is 0 Å². The number of nitrogens with zero attached hydrogens (tertiary/aromatic N) is 1. The number of benzene rings is 3. The molecule has 0 bridgehead atoms. The highest BCUT2D eigenvalue weighted by Crippen LogP contribution is 2.38. The lowest BCUT2D eigenvalue weighted by molar-refractivity contribution is -0.119. The van der Waals surface area contributed by atoms with Gasteiger partial charge in [0.25, 0.3) is 0 Å². The summed E-state index contributed by atoms with van der Waals surface area (Å²) in [5, 5.41) is 0. The fourth-order valence-electron chi connectivity index (χ4n) is 3.84. The maximum atomic E-state index is 13.7. The zero-order valence-corrected chi connectivity index (χ0v) is 16.2. The van der Waals surface area contributed by atoms with Gasteiger partial charge in [-0.25, -0.2) is 0 Å². The van der Waals surface area contributed by atoms with Gasteiger partial charge in [-0.05, 0) is 48.2 Å². The van der Waals surface area contributed by atoms with Gasteiger partial charge in [0.05, 0.1) is 5.92 Å². The van der Waals surface area contributed by atoms with Crippen LogP contribution in [0.1, 0.15) is 29.5 Å². The van der Waals surface area contributed by atoms with Crippen molar-refractivity contribution in [3.63, 3.8) is 0 Å². The molecule has 3 aromatic carbocycles. The number of hydrogen-bond acceptors (Lipinski definition) is 1. The molecule has 1 atom stereocenters. The summed E-state index contributed by atoms with van der Waals surface area (Å²) in [4.78, 5) is 15.7. The van der Waals surface area contributed by atoms with Gasteiger partial charge in [0.15, 0.2) is 0 Å². The maximum absolute atomic E-state index is 13.7. The Labute approximate surface area is 162 Å². The molecule has 0 aliphatic carbocycles. The van der Waals surface area contributed by atoms with Crippen LogP contribution in [-0.4, -0.2) is 11.9 Å². The monoisotopic (exact) mass is 405 g/mol. The second-order valence-electron chi connectivity index (χ2n) is 6.79. The number of fused-ring (bicyclic) bond motifs is 1. The zero-order chi connectivity index (χ0) is 18.1. The lowest BCUT2D eigenvalue weighted by Gasteiger charge is -2.28. The van der Waals surface area contributed by atoms with Crippen LogP contribution in [0.2, 0.25) is 0 Å². The lowest BCUT2D eigenvalue weighted by atomic mass is 9.89. The Morgan fingerprint density at radius 2 is 1.54 bits per heavy atom. The maximum Gasteiger partial charge on any atom is 0.239 e. The smallest absolute Gasteiger partial charge is 0.239 e. The van der Waals surface area contributed by atoms with Gasteiger partial charge >= 0.3 is 0 Å². The van der Waals surface area contributed by atoms with Gasteiger partial charge in [0.1, 0.15) is 0 Å². The molecule has 0 saturated heterocycles. The predicted molar refractivity (Wildman–Crippen MR) is 110 cm³/mol. The average molecular weight is 406 g/mol. The summed E-state index contributed by atoms with van der Waals surface area (Å²) in [5.41, 5.74) is 4.31. The normalized spacial score (nSPS) is 16.0. The fourth-order valence-corrected chi connectivity index (χ4v) is 4.25. The SMILES string of the molecule is C[C@@H]1Cc2cc(Br)ccc2N1C(=O)C(c1ccccc1)c1ccccc1. The van der Waals surface area contributed by atoms with Crippen molar-refractivity contribution in [1.29, 1.82) is 0 Å². The first-order valence-electron chi connectivity index (χ1n) is 8.86. The van der Waals surface area contributed by atoms with Gasteiger partial charge in [-0.2, -0.15) is 0 Å². The lowest BCUT2D eigenvalue weighted by Crippen LogP contribution is -2.39. The van der Waals surface area contributed by atoms with Crippen LogP contribution in [0.15, 0.2) is 83.3 Å². The predicted octanol–water partition coefficient (Wildman–Crippen LogP) is 5.56. The highest BCUT2D eigenvalue weighted by Gasteiger charge is 2.36. The summed E-state index contributed by atoms with van der Waals surface area (Å²) in [6.07, 6.45) is 0.886. The molecule has 26 heavy (non-hydrogen) atoms. The van der Waals surface area contributed by atoms with E-state index < -0.39 is 0 Å². The molecule has 0 spiro atoms. The molecule has 3 aromatic rings. The third kappa shape index (κ3) is 3.08. The molecular formula is C23H20BrNO. The second kappa shape index (κ2) is 7.08. The summed E-state index contributed by atoms with van der Waals surface area (Å²) in [7, 11) is 0.